The lowest BCUT2D eigenvalue weighted by molar-refractivity contribution is -0.134. The molecular formula is C28H33NO7. The van der Waals surface area contributed by atoms with Crippen LogP contribution in [-0.2, 0) is 9.59 Å². The molecule has 1 saturated heterocycles. The summed E-state index contributed by atoms with van der Waals surface area (Å²) >= 11 is 0. The number of carbonyl (C=O) groups excluding carboxylic acids is 1. The summed E-state index contributed by atoms with van der Waals surface area (Å²) in [5.41, 5.74) is 3.55. The van der Waals surface area contributed by atoms with Crippen molar-refractivity contribution < 1.29 is 34.1 Å². The number of allylic oxidation sites excluding steroid dienone is 1. The van der Waals surface area contributed by atoms with Crippen LogP contribution in [0.4, 0.5) is 0 Å². The van der Waals surface area contributed by atoms with E-state index >= 15 is 0 Å². The lowest BCUT2D eigenvalue weighted by Crippen LogP contribution is -2.25. The van der Waals surface area contributed by atoms with E-state index in [0.717, 1.165) is 34.7 Å². The molecule has 36 heavy (non-hydrogen) atoms. The summed E-state index contributed by atoms with van der Waals surface area (Å²) in [6.45, 7) is 7.99. The third kappa shape index (κ3) is 9.38. The van der Waals surface area contributed by atoms with Crippen molar-refractivity contribution in [1.82, 2.24) is 4.90 Å². The molecule has 1 fully saturated rings. The number of carbonyl (C=O) groups is 3. The van der Waals surface area contributed by atoms with Crippen molar-refractivity contribution in [2.45, 2.75) is 26.7 Å². The SMILES string of the molecule is COc1ccccc1C=CC(=O)c1cc(C)c(OCCN2CCCC2)c(C)c1.O=C(O)/C=C/C(=O)O. The second-order valence-electron chi connectivity index (χ2n) is 8.29. The van der Waals surface area contributed by atoms with Crippen molar-refractivity contribution in [2.24, 2.45) is 0 Å². The molecule has 2 aromatic rings. The van der Waals surface area contributed by atoms with Gasteiger partial charge in [0.15, 0.2) is 5.78 Å². The summed E-state index contributed by atoms with van der Waals surface area (Å²) in [5.74, 6) is -0.898. The molecule has 8 nitrogen and oxygen atoms in total. The summed E-state index contributed by atoms with van der Waals surface area (Å²) in [4.78, 5) is 34.2. The van der Waals surface area contributed by atoms with Crippen LogP contribution in [0.2, 0.25) is 0 Å². The summed E-state index contributed by atoms with van der Waals surface area (Å²) in [6.07, 6.45) is 7.09. The number of methoxy groups -OCH3 is 1. The minimum absolute atomic E-state index is 0.0271. The number of hydrogen-bond donors (Lipinski definition) is 2. The number of nitrogens with zero attached hydrogens (tertiary/aromatic N) is 1. The lowest BCUT2D eigenvalue weighted by Gasteiger charge is -2.17. The van der Waals surface area contributed by atoms with E-state index in [0.29, 0.717) is 24.3 Å². The molecule has 1 aliphatic heterocycles. The average molecular weight is 496 g/mol. The molecule has 0 unspecified atom stereocenters. The van der Waals surface area contributed by atoms with Gasteiger partial charge in [-0.05, 0) is 81.3 Å². The Morgan fingerprint density at radius 2 is 1.53 bits per heavy atom. The van der Waals surface area contributed by atoms with Gasteiger partial charge in [0.2, 0.25) is 0 Å². The zero-order valence-corrected chi connectivity index (χ0v) is 20.9. The predicted octanol–water partition coefficient (Wildman–Crippen LogP) is 4.39. The van der Waals surface area contributed by atoms with Gasteiger partial charge in [-0.1, -0.05) is 18.2 Å². The van der Waals surface area contributed by atoms with Crippen molar-refractivity contribution in [3.8, 4) is 11.5 Å². The lowest BCUT2D eigenvalue weighted by atomic mass is 10.0. The molecule has 1 aliphatic rings. The van der Waals surface area contributed by atoms with E-state index in [2.05, 4.69) is 4.90 Å². The molecule has 0 radical (unpaired) electrons. The van der Waals surface area contributed by atoms with E-state index in [4.69, 9.17) is 19.7 Å². The number of hydrogen-bond acceptors (Lipinski definition) is 6. The van der Waals surface area contributed by atoms with Crippen LogP contribution in [0.25, 0.3) is 6.08 Å². The van der Waals surface area contributed by atoms with Gasteiger partial charge in [0.05, 0.1) is 7.11 Å². The monoisotopic (exact) mass is 495 g/mol. The molecule has 0 amide bonds. The molecule has 3 rings (SSSR count). The largest absolute Gasteiger partial charge is 0.496 e. The number of para-hydroxylation sites is 1. The second-order valence-corrected chi connectivity index (χ2v) is 8.29. The molecule has 0 saturated carbocycles. The van der Waals surface area contributed by atoms with Gasteiger partial charge in [0.25, 0.3) is 0 Å². The van der Waals surface area contributed by atoms with Gasteiger partial charge in [0, 0.05) is 29.8 Å². The minimum atomic E-state index is -1.26. The van der Waals surface area contributed by atoms with E-state index < -0.39 is 11.9 Å². The molecule has 192 valence electrons. The van der Waals surface area contributed by atoms with Crippen LogP contribution in [0.5, 0.6) is 11.5 Å². The number of carboxylic acid groups (broad SMARTS) is 2. The van der Waals surface area contributed by atoms with Crippen LogP contribution in [0.1, 0.15) is 39.9 Å². The summed E-state index contributed by atoms with van der Waals surface area (Å²) in [5, 5.41) is 15.6. The quantitative estimate of drug-likeness (QED) is 0.368. The van der Waals surface area contributed by atoms with Gasteiger partial charge in [-0.3, -0.25) is 9.69 Å². The Kier molecular flexibility index (Phi) is 11.4. The Morgan fingerprint density at radius 3 is 2.08 bits per heavy atom. The van der Waals surface area contributed by atoms with E-state index in [1.165, 1.54) is 25.9 Å². The number of likely N-dealkylation sites (tertiary alicyclic amines) is 1. The van der Waals surface area contributed by atoms with Crippen LogP contribution in [0, 0.1) is 13.8 Å². The van der Waals surface area contributed by atoms with Crippen LogP contribution in [0.3, 0.4) is 0 Å². The average Bonchev–Trinajstić information content (AvgIpc) is 3.37. The highest BCUT2D eigenvalue weighted by Crippen LogP contribution is 2.26. The molecule has 0 atom stereocenters. The molecule has 0 bridgehead atoms. The molecule has 0 aromatic heterocycles. The number of ketones is 1. The van der Waals surface area contributed by atoms with Crippen LogP contribution < -0.4 is 9.47 Å². The van der Waals surface area contributed by atoms with Crippen molar-refractivity contribution >= 4 is 23.8 Å². The molecule has 2 N–H and O–H groups in total. The molecule has 0 spiro atoms. The first-order valence-corrected chi connectivity index (χ1v) is 11.7. The molecule has 8 heteroatoms. The van der Waals surface area contributed by atoms with Gasteiger partial charge in [0.1, 0.15) is 18.1 Å². The van der Waals surface area contributed by atoms with E-state index in [9.17, 15) is 14.4 Å². The highest BCUT2D eigenvalue weighted by molar-refractivity contribution is 6.07. The smallest absolute Gasteiger partial charge is 0.328 e. The third-order valence-corrected chi connectivity index (χ3v) is 5.52. The Bertz CT molecular complexity index is 1080. The molecule has 1 heterocycles. The predicted molar refractivity (Wildman–Crippen MR) is 138 cm³/mol. The number of benzene rings is 2. The zero-order valence-electron chi connectivity index (χ0n) is 20.9. The van der Waals surface area contributed by atoms with E-state index in [1.54, 1.807) is 19.3 Å². The topological polar surface area (TPSA) is 113 Å². The fourth-order valence-corrected chi connectivity index (χ4v) is 3.81. The number of aryl methyl sites for hydroxylation is 2. The van der Waals surface area contributed by atoms with Gasteiger partial charge < -0.3 is 19.7 Å². The maximum Gasteiger partial charge on any atom is 0.328 e. The van der Waals surface area contributed by atoms with Gasteiger partial charge in [-0.25, -0.2) is 9.59 Å². The highest BCUT2D eigenvalue weighted by atomic mass is 16.5. The fraction of sp³-hybridized carbons (Fsp3) is 0.321. The van der Waals surface area contributed by atoms with Gasteiger partial charge in [-0.15, -0.1) is 0 Å². The highest BCUT2D eigenvalue weighted by Gasteiger charge is 2.13. The first-order valence-electron chi connectivity index (χ1n) is 11.7. The maximum absolute atomic E-state index is 12.6. The van der Waals surface area contributed by atoms with Crippen molar-refractivity contribution in [3.05, 3.63) is 76.9 Å². The Morgan fingerprint density at radius 1 is 0.944 bits per heavy atom. The van der Waals surface area contributed by atoms with Gasteiger partial charge >= 0.3 is 11.9 Å². The molecule has 2 aromatic carbocycles. The molecule has 0 aliphatic carbocycles. The molecular weight excluding hydrogens is 462 g/mol. The summed E-state index contributed by atoms with van der Waals surface area (Å²) in [7, 11) is 1.63. The van der Waals surface area contributed by atoms with Crippen LogP contribution in [-0.4, -0.2) is 66.2 Å². The second kappa shape index (κ2) is 14.5. The Labute approximate surface area is 211 Å². The Hall–Kier alpha value is -3.91. The minimum Gasteiger partial charge on any atom is -0.496 e. The van der Waals surface area contributed by atoms with E-state index in [1.807, 2.05) is 50.2 Å². The first kappa shape index (κ1) is 28.3. The summed E-state index contributed by atoms with van der Waals surface area (Å²) < 4.78 is 11.4. The van der Waals surface area contributed by atoms with Gasteiger partial charge in [-0.2, -0.15) is 0 Å². The number of aliphatic carboxylic acids is 2. The summed E-state index contributed by atoms with van der Waals surface area (Å²) in [6, 6.07) is 11.5. The van der Waals surface area contributed by atoms with Crippen molar-refractivity contribution in [3.63, 3.8) is 0 Å². The zero-order chi connectivity index (χ0) is 26.5. The Balaban J connectivity index is 0.000000493. The number of carboxylic acids is 2. The fourth-order valence-electron chi connectivity index (χ4n) is 3.81. The standard InChI is InChI=1S/C24H29NO3.C4H4O4/c1-18-16-21(22(26)11-10-20-8-4-5-9-23(20)27-3)17-19(2)24(18)28-15-14-25-12-6-7-13-25;5-3(6)1-2-4(7)8/h4-5,8-11,16-17H,6-7,12-15H2,1-3H3;1-2H,(H,5,6)(H,7,8)/b;2-1+. The maximum atomic E-state index is 12.6. The third-order valence-electron chi connectivity index (χ3n) is 5.52. The normalized spacial score (nSPS) is 13.4. The number of ether oxygens (including phenoxy) is 2. The van der Waals surface area contributed by atoms with Crippen molar-refractivity contribution in [2.75, 3.05) is 33.4 Å². The van der Waals surface area contributed by atoms with Crippen LogP contribution in [0.15, 0.2) is 54.6 Å². The van der Waals surface area contributed by atoms with E-state index in [-0.39, 0.29) is 5.78 Å². The van der Waals surface area contributed by atoms with Crippen molar-refractivity contribution in [1.29, 1.82) is 0 Å². The number of rotatable bonds is 10. The van der Waals surface area contributed by atoms with Crippen LogP contribution >= 0.6 is 0 Å². The first-order chi connectivity index (χ1) is 17.2.